The molecule has 1 aliphatic heterocycles. The summed E-state index contributed by atoms with van der Waals surface area (Å²) in [6, 6.07) is 3.29. The summed E-state index contributed by atoms with van der Waals surface area (Å²) in [5, 5.41) is 0. The molecule has 1 aromatic carbocycles. The molecule has 23 heavy (non-hydrogen) atoms. The number of nitrogens with zero attached hydrogens (tertiary/aromatic N) is 1. The van der Waals surface area contributed by atoms with Gasteiger partial charge in [0.1, 0.15) is 11.6 Å². The maximum Gasteiger partial charge on any atom is 0.227 e. The summed E-state index contributed by atoms with van der Waals surface area (Å²) in [6.07, 6.45) is 5.58. The summed E-state index contributed by atoms with van der Waals surface area (Å²) < 4.78 is 32.2. The molecule has 1 spiro atoms. The predicted octanol–water partition coefficient (Wildman–Crippen LogP) is 3.32. The van der Waals surface area contributed by atoms with E-state index >= 15 is 0 Å². The van der Waals surface area contributed by atoms with Gasteiger partial charge in [0.05, 0.1) is 12.5 Å². The van der Waals surface area contributed by atoms with Gasteiger partial charge in [-0.15, -0.1) is 0 Å². The summed E-state index contributed by atoms with van der Waals surface area (Å²) in [5.74, 6) is -1.34. The molecule has 5 heteroatoms. The highest BCUT2D eigenvalue weighted by Crippen LogP contribution is 2.46. The lowest BCUT2D eigenvalue weighted by atomic mass is 9.76. The van der Waals surface area contributed by atoms with Gasteiger partial charge in [0.25, 0.3) is 0 Å². The highest BCUT2D eigenvalue weighted by atomic mass is 19.1. The molecule has 2 atom stereocenters. The van der Waals surface area contributed by atoms with Gasteiger partial charge < -0.3 is 9.64 Å². The van der Waals surface area contributed by atoms with Crippen molar-refractivity contribution in [3.63, 3.8) is 0 Å². The molecular formula is C18H23F2NO2. The van der Waals surface area contributed by atoms with Crippen LogP contribution in [0.5, 0.6) is 0 Å². The van der Waals surface area contributed by atoms with E-state index in [1.54, 1.807) is 7.11 Å². The Kier molecular flexibility index (Phi) is 4.67. The third-order valence-corrected chi connectivity index (χ3v) is 5.35. The molecule has 0 unspecified atom stereocenters. The number of hydrogen-bond acceptors (Lipinski definition) is 2. The first kappa shape index (κ1) is 16.4. The van der Waals surface area contributed by atoms with E-state index in [2.05, 4.69) is 0 Å². The number of carbonyl (C=O) groups is 1. The second-order valence-electron chi connectivity index (χ2n) is 6.85. The molecule has 1 aromatic rings. The normalized spacial score (nSPS) is 27.6. The topological polar surface area (TPSA) is 29.5 Å². The van der Waals surface area contributed by atoms with Gasteiger partial charge >= 0.3 is 0 Å². The molecule has 1 aliphatic carbocycles. The Bertz CT molecular complexity index is 572. The van der Waals surface area contributed by atoms with Crippen LogP contribution in [0.15, 0.2) is 18.2 Å². The first-order valence-electron chi connectivity index (χ1n) is 8.28. The quantitative estimate of drug-likeness (QED) is 0.854. The standard InChI is InChI=1S/C18H23F2NO2/c1-23-16-4-2-5-18(16)6-3-7-21(12-18)17(22)10-13-8-14(19)11-15(20)9-13/h8-9,11,16H,2-7,10,12H2,1H3/t16-,18-/m1/s1. The number of amides is 1. The number of benzene rings is 1. The highest BCUT2D eigenvalue weighted by molar-refractivity contribution is 5.79. The summed E-state index contributed by atoms with van der Waals surface area (Å²) in [7, 11) is 1.74. The molecule has 1 saturated heterocycles. The third-order valence-electron chi connectivity index (χ3n) is 5.35. The molecule has 1 amide bonds. The molecule has 3 nitrogen and oxygen atoms in total. The van der Waals surface area contributed by atoms with Crippen molar-refractivity contribution in [3.05, 3.63) is 35.4 Å². The third kappa shape index (κ3) is 3.39. The Hall–Kier alpha value is -1.49. The van der Waals surface area contributed by atoms with Crippen LogP contribution in [0.25, 0.3) is 0 Å². The van der Waals surface area contributed by atoms with Crippen LogP contribution >= 0.6 is 0 Å². The fourth-order valence-electron chi connectivity index (χ4n) is 4.31. The van der Waals surface area contributed by atoms with Gasteiger partial charge in [-0.25, -0.2) is 8.78 Å². The summed E-state index contributed by atoms with van der Waals surface area (Å²) in [4.78, 5) is 14.4. The minimum Gasteiger partial charge on any atom is -0.381 e. The predicted molar refractivity (Wildman–Crippen MR) is 83.0 cm³/mol. The summed E-state index contributed by atoms with van der Waals surface area (Å²) in [6.45, 7) is 1.41. The summed E-state index contributed by atoms with van der Waals surface area (Å²) in [5.41, 5.74) is 0.456. The minimum absolute atomic E-state index is 0.0441. The molecule has 0 aromatic heterocycles. The van der Waals surface area contributed by atoms with Gasteiger partial charge in [0, 0.05) is 31.7 Å². The SMILES string of the molecule is CO[C@@H]1CCC[C@]12CCCN(C(=O)Cc1cc(F)cc(F)c1)C2. The van der Waals surface area contributed by atoms with E-state index in [9.17, 15) is 13.6 Å². The molecule has 0 radical (unpaired) electrons. The number of hydrogen-bond donors (Lipinski definition) is 0. The molecule has 0 N–H and O–H groups in total. The van der Waals surface area contributed by atoms with Crippen LogP contribution in [0.3, 0.4) is 0 Å². The average molecular weight is 323 g/mol. The zero-order valence-electron chi connectivity index (χ0n) is 13.5. The van der Waals surface area contributed by atoms with E-state index in [1.165, 1.54) is 12.1 Å². The molecule has 3 rings (SSSR count). The van der Waals surface area contributed by atoms with Crippen molar-refractivity contribution >= 4 is 5.91 Å². The van der Waals surface area contributed by atoms with E-state index in [0.29, 0.717) is 12.1 Å². The van der Waals surface area contributed by atoms with Crippen LogP contribution in [-0.2, 0) is 16.0 Å². The Morgan fingerprint density at radius 1 is 1.26 bits per heavy atom. The van der Waals surface area contributed by atoms with Gasteiger partial charge in [0.2, 0.25) is 5.91 Å². The van der Waals surface area contributed by atoms with Crippen molar-refractivity contribution < 1.29 is 18.3 Å². The highest BCUT2D eigenvalue weighted by Gasteiger charge is 2.46. The minimum atomic E-state index is -0.641. The zero-order chi connectivity index (χ0) is 16.4. The van der Waals surface area contributed by atoms with Crippen LogP contribution in [0.2, 0.25) is 0 Å². The average Bonchev–Trinajstić information content (AvgIpc) is 2.88. The number of rotatable bonds is 3. The maximum atomic E-state index is 13.3. The lowest BCUT2D eigenvalue weighted by Crippen LogP contribution is -2.50. The Labute approximate surface area is 135 Å². The fraction of sp³-hybridized carbons (Fsp3) is 0.611. The second kappa shape index (κ2) is 6.56. The smallest absolute Gasteiger partial charge is 0.227 e. The van der Waals surface area contributed by atoms with Gasteiger partial charge in [-0.3, -0.25) is 4.79 Å². The van der Waals surface area contributed by atoms with Gasteiger partial charge in [-0.05, 0) is 43.4 Å². The van der Waals surface area contributed by atoms with Crippen LogP contribution < -0.4 is 0 Å². The van der Waals surface area contributed by atoms with E-state index < -0.39 is 11.6 Å². The van der Waals surface area contributed by atoms with Crippen molar-refractivity contribution in [1.29, 1.82) is 0 Å². The molecule has 126 valence electrons. The van der Waals surface area contributed by atoms with Crippen LogP contribution in [0.4, 0.5) is 8.78 Å². The van der Waals surface area contributed by atoms with Crippen molar-refractivity contribution in [2.75, 3.05) is 20.2 Å². The maximum absolute atomic E-state index is 13.3. The number of carbonyl (C=O) groups excluding carboxylic acids is 1. The Morgan fingerprint density at radius 3 is 2.65 bits per heavy atom. The van der Waals surface area contributed by atoms with E-state index in [4.69, 9.17) is 4.74 Å². The van der Waals surface area contributed by atoms with Crippen molar-refractivity contribution in [3.8, 4) is 0 Å². The molecule has 2 fully saturated rings. The Balaban J connectivity index is 1.70. The molecular weight excluding hydrogens is 300 g/mol. The number of halogens is 2. The van der Waals surface area contributed by atoms with Crippen molar-refractivity contribution in [1.82, 2.24) is 4.90 Å². The second-order valence-corrected chi connectivity index (χ2v) is 6.85. The largest absolute Gasteiger partial charge is 0.381 e. The van der Waals surface area contributed by atoms with Gasteiger partial charge in [-0.2, -0.15) is 0 Å². The lowest BCUT2D eigenvalue weighted by Gasteiger charge is -2.43. The van der Waals surface area contributed by atoms with Gasteiger partial charge in [0.15, 0.2) is 0 Å². The molecule has 1 saturated carbocycles. The molecule has 1 heterocycles. The first-order chi connectivity index (χ1) is 11.0. The number of likely N-dealkylation sites (tertiary alicyclic amines) is 1. The van der Waals surface area contributed by atoms with E-state index in [0.717, 1.165) is 44.7 Å². The van der Waals surface area contributed by atoms with Crippen molar-refractivity contribution in [2.24, 2.45) is 5.41 Å². The first-order valence-corrected chi connectivity index (χ1v) is 8.28. The van der Waals surface area contributed by atoms with E-state index in [-0.39, 0.29) is 23.8 Å². The number of ether oxygens (including phenoxy) is 1. The van der Waals surface area contributed by atoms with Crippen molar-refractivity contribution in [2.45, 2.75) is 44.6 Å². The lowest BCUT2D eigenvalue weighted by molar-refractivity contribution is -0.136. The molecule has 2 aliphatic rings. The van der Waals surface area contributed by atoms with Crippen LogP contribution in [0.1, 0.15) is 37.7 Å². The monoisotopic (exact) mass is 323 g/mol. The van der Waals surface area contributed by atoms with Crippen LogP contribution in [0, 0.1) is 17.0 Å². The molecule has 0 bridgehead atoms. The van der Waals surface area contributed by atoms with E-state index in [1.807, 2.05) is 4.90 Å². The number of methoxy groups -OCH3 is 1. The number of piperidine rings is 1. The Morgan fingerprint density at radius 2 is 1.96 bits per heavy atom. The van der Waals surface area contributed by atoms with Crippen LogP contribution in [-0.4, -0.2) is 37.1 Å². The summed E-state index contributed by atoms with van der Waals surface area (Å²) >= 11 is 0. The fourth-order valence-corrected chi connectivity index (χ4v) is 4.31. The zero-order valence-corrected chi connectivity index (χ0v) is 13.5. The van der Waals surface area contributed by atoms with Gasteiger partial charge in [-0.1, -0.05) is 6.42 Å².